The molecule has 12 heteroatoms. The van der Waals surface area contributed by atoms with Gasteiger partial charge in [0.1, 0.15) is 23.4 Å². The van der Waals surface area contributed by atoms with Gasteiger partial charge in [-0.15, -0.1) is 0 Å². The van der Waals surface area contributed by atoms with Crippen LogP contribution in [-0.4, -0.2) is 63.1 Å². The van der Waals surface area contributed by atoms with E-state index in [2.05, 4.69) is 10.0 Å². The minimum absolute atomic E-state index is 0.0243. The number of aliphatic hydroxyl groups excluding tert-OH is 1. The molecule has 0 heterocycles. The molecule has 4 rings (SSSR count). The zero-order chi connectivity index (χ0) is 32.2. The smallest absolute Gasteiger partial charge is 0.261 e. The predicted molar refractivity (Wildman–Crippen MR) is 167 cm³/mol. The molecule has 0 spiro atoms. The number of sulfonamides is 1. The summed E-state index contributed by atoms with van der Waals surface area (Å²) in [7, 11) is -2.41. The second-order valence-corrected chi connectivity index (χ2v) is 11.6. The van der Waals surface area contributed by atoms with Gasteiger partial charge in [-0.05, 0) is 71.8 Å². The van der Waals surface area contributed by atoms with Crippen molar-refractivity contribution in [2.75, 3.05) is 31.6 Å². The Morgan fingerprint density at radius 3 is 2.13 bits per heavy atom. The Hall–Kier alpha value is -4.94. The Kier molecular flexibility index (Phi) is 11.5. The van der Waals surface area contributed by atoms with Crippen molar-refractivity contribution in [2.24, 2.45) is 0 Å². The minimum atomic E-state index is -3.96. The molecule has 236 valence electrons. The van der Waals surface area contributed by atoms with Crippen LogP contribution in [0.5, 0.6) is 11.5 Å². The van der Waals surface area contributed by atoms with Gasteiger partial charge in [0.2, 0.25) is 5.91 Å². The first kappa shape index (κ1) is 33.0. The van der Waals surface area contributed by atoms with E-state index in [-0.39, 0.29) is 42.4 Å². The normalized spacial score (nSPS) is 11.7. The van der Waals surface area contributed by atoms with Gasteiger partial charge in [0.25, 0.3) is 15.9 Å². The van der Waals surface area contributed by atoms with E-state index >= 15 is 0 Å². The van der Waals surface area contributed by atoms with Crippen molar-refractivity contribution in [2.45, 2.75) is 23.9 Å². The van der Waals surface area contributed by atoms with E-state index in [1.807, 2.05) is 30.3 Å². The number of aliphatic hydroxyl groups is 1. The van der Waals surface area contributed by atoms with Gasteiger partial charge in [-0.1, -0.05) is 42.5 Å². The summed E-state index contributed by atoms with van der Waals surface area (Å²) in [6.07, 6.45) is 0.216. The number of benzene rings is 4. The van der Waals surface area contributed by atoms with Gasteiger partial charge in [0.05, 0.1) is 18.6 Å². The number of methoxy groups -OCH3 is 1. The Morgan fingerprint density at radius 2 is 1.51 bits per heavy atom. The Labute approximate surface area is 261 Å². The van der Waals surface area contributed by atoms with Crippen molar-refractivity contribution in [3.63, 3.8) is 0 Å². The third-order valence-corrected chi connectivity index (χ3v) is 8.18. The topological polar surface area (TPSA) is 134 Å². The van der Waals surface area contributed by atoms with Gasteiger partial charge in [0.15, 0.2) is 6.61 Å². The molecule has 2 amide bonds. The van der Waals surface area contributed by atoms with Crippen molar-refractivity contribution < 1.29 is 37.0 Å². The standard InChI is InChI=1S/C33H34FN3O7S/c1-43-28-13-7-25(8-14-28)22-37(31(33(40)35-19-20-38)21-24-5-3-2-4-6-24)32(39)23-44-29-15-17-30(18-16-29)45(41,42)36-27-11-9-26(34)10-12-27/h2-18,31,36,38H,19-23H2,1H3,(H,35,40)/t31-/m1/s1. The van der Waals surface area contributed by atoms with Crippen LogP contribution in [0.25, 0.3) is 0 Å². The molecule has 0 aliphatic rings. The first-order valence-corrected chi connectivity index (χ1v) is 15.5. The summed E-state index contributed by atoms with van der Waals surface area (Å²) in [5.74, 6) is -0.537. The summed E-state index contributed by atoms with van der Waals surface area (Å²) in [5.41, 5.74) is 1.79. The van der Waals surface area contributed by atoms with Crippen molar-refractivity contribution in [3.8, 4) is 11.5 Å². The summed E-state index contributed by atoms with van der Waals surface area (Å²) >= 11 is 0. The molecule has 0 aliphatic heterocycles. The van der Waals surface area contributed by atoms with Crippen LogP contribution in [0.15, 0.2) is 108 Å². The van der Waals surface area contributed by atoms with E-state index in [4.69, 9.17) is 9.47 Å². The van der Waals surface area contributed by atoms with Crippen LogP contribution < -0.4 is 19.5 Å². The minimum Gasteiger partial charge on any atom is -0.497 e. The molecule has 45 heavy (non-hydrogen) atoms. The molecular formula is C33H34FN3O7S. The van der Waals surface area contributed by atoms with Crippen LogP contribution in [-0.2, 0) is 32.6 Å². The number of halogens is 1. The van der Waals surface area contributed by atoms with Crippen LogP contribution in [0.2, 0.25) is 0 Å². The second-order valence-electron chi connectivity index (χ2n) is 9.96. The monoisotopic (exact) mass is 635 g/mol. The van der Waals surface area contributed by atoms with Gasteiger partial charge in [-0.3, -0.25) is 14.3 Å². The predicted octanol–water partition coefficient (Wildman–Crippen LogP) is 3.76. The van der Waals surface area contributed by atoms with Crippen LogP contribution in [0.4, 0.5) is 10.1 Å². The van der Waals surface area contributed by atoms with E-state index in [1.165, 1.54) is 41.3 Å². The maximum atomic E-state index is 13.7. The first-order chi connectivity index (χ1) is 21.7. The van der Waals surface area contributed by atoms with Crippen LogP contribution in [0.3, 0.4) is 0 Å². The number of carbonyl (C=O) groups excluding carboxylic acids is 2. The molecule has 0 aliphatic carbocycles. The summed E-state index contributed by atoms with van der Waals surface area (Å²) < 4.78 is 52.1. The van der Waals surface area contributed by atoms with Crippen molar-refractivity contribution in [3.05, 3.63) is 120 Å². The van der Waals surface area contributed by atoms with Gasteiger partial charge >= 0.3 is 0 Å². The molecule has 0 radical (unpaired) electrons. The van der Waals surface area contributed by atoms with E-state index in [0.29, 0.717) is 5.75 Å². The second kappa shape index (κ2) is 15.7. The maximum Gasteiger partial charge on any atom is 0.261 e. The van der Waals surface area contributed by atoms with Crippen molar-refractivity contribution in [1.82, 2.24) is 10.2 Å². The van der Waals surface area contributed by atoms with Gasteiger partial charge in [0, 0.05) is 25.2 Å². The fourth-order valence-electron chi connectivity index (χ4n) is 4.45. The molecule has 0 saturated carbocycles. The van der Waals surface area contributed by atoms with E-state index in [0.717, 1.165) is 23.3 Å². The number of carbonyl (C=O) groups is 2. The SMILES string of the molecule is COc1ccc(CN(C(=O)COc2ccc(S(=O)(=O)Nc3ccc(F)cc3)cc2)[C@H](Cc2ccccc2)C(=O)NCCO)cc1. The fourth-order valence-corrected chi connectivity index (χ4v) is 5.51. The number of nitrogens with one attached hydrogen (secondary N) is 2. The van der Waals surface area contributed by atoms with Crippen molar-refractivity contribution >= 4 is 27.5 Å². The maximum absolute atomic E-state index is 13.7. The molecule has 0 unspecified atom stereocenters. The van der Waals surface area contributed by atoms with Crippen molar-refractivity contribution in [1.29, 1.82) is 0 Å². The summed E-state index contributed by atoms with van der Waals surface area (Å²) in [5, 5.41) is 12.0. The summed E-state index contributed by atoms with van der Waals surface area (Å²) in [6.45, 7) is -0.585. The number of nitrogens with zero attached hydrogens (tertiary/aromatic N) is 1. The number of ether oxygens (including phenoxy) is 2. The Balaban J connectivity index is 1.52. The highest BCUT2D eigenvalue weighted by molar-refractivity contribution is 7.92. The van der Waals surface area contributed by atoms with Gasteiger partial charge < -0.3 is 24.8 Å². The molecule has 0 fully saturated rings. The van der Waals surface area contributed by atoms with E-state index < -0.39 is 40.3 Å². The molecule has 4 aromatic rings. The molecule has 0 bridgehead atoms. The number of rotatable bonds is 15. The average Bonchev–Trinajstić information content (AvgIpc) is 3.06. The van der Waals surface area contributed by atoms with Crippen LogP contribution >= 0.6 is 0 Å². The highest BCUT2D eigenvalue weighted by atomic mass is 32.2. The average molecular weight is 636 g/mol. The number of amides is 2. The number of hydrogen-bond donors (Lipinski definition) is 3. The lowest BCUT2D eigenvalue weighted by atomic mass is 10.0. The zero-order valence-electron chi connectivity index (χ0n) is 24.6. The molecule has 0 aromatic heterocycles. The number of anilines is 1. The molecule has 1 atom stereocenters. The Morgan fingerprint density at radius 1 is 0.867 bits per heavy atom. The molecule has 4 aromatic carbocycles. The molecule has 10 nitrogen and oxygen atoms in total. The molecular weight excluding hydrogens is 601 g/mol. The summed E-state index contributed by atoms with van der Waals surface area (Å²) in [6, 6.07) is 25.8. The molecule has 0 saturated heterocycles. The summed E-state index contributed by atoms with van der Waals surface area (Å²) in [4.78, 5) is 28.4. The third-order valence-electron chi connectivity index (χ3n) is 6.79. The fraction of sp³-hybridized carbons (Fsp3) is 0.212. The third kappa shape index (κ3) is 9.52. The highest BCUT2D eigenvalue weighted by Gasteiger charge is 2.30. The quantitative estimate of drug-likeness (QED) is 0.181. The van der Waals surface area contributed by atoms with Crippen LogP contribution in [0, 0.1) is 5.82 Å². The highest BCUT2D eigenvalue weighted by Crippen LogP contribution is 2.21. The first-order valence-electron chi connectivity index (χ1n) is 14.0. The number of hydrogen-bond acceptors (Lipinski definition) is 7. The lowest BCUT2D eigenvalue weighted by Crippen LogP contribution is -2.52. The Bertz CT molecular complexity index is 1650. The zero-order valence-corrected chi connectivity index (χ0v) is 25.4. The largest absolute Gasteiger partial charge is 0.497 e. The van der Waals surface area contributed by atoms with E-state index in [1.54, 1.807) is 31.4 Å². The lowest BCUT2D eigenvalue weighted by Gasteiger charge is -2.31. The molecule has 3 N–H and O–H groups in total. The van der Waals surface area contributed by atoms with E-state index in [9.17, 15) is 27.5 Å². The van der Waals surface area contributed by atoms with Crippen LogP contribution in [0.1, 0.15) is 11.1 Å². The van der Waals surface area contributed by atoms with Gasteiger partial charge in [-0.25, -0.2) is 12.8 Å². The lowest BCUT2D eigenvalue weighted by molar-refractivity contribution is -0.142. The van der Waals surface area contributed by atoms with Gasteiger partial charge in [-0.2, -0.15) is 0 Å².